The quantitative estimate of drug-likeness (QED) is 0.789. The summed E-state index contributed by atoms with van der Waals surface area (Å²) in [7, 11) is 0. The smallest absolute Gasteiger partial charge is 0.251 e. The summed E-state index contributed by atoms with van der Waals surface area (Å²) in [6.45, 7) is 4.80. The van der Waals surface area contributed by atoms with E-state index in [2.05, 4.69) is 33.1 Å². The van der Waals surface area contributed by atoms with Gasteiger partial charge in [0, 0.05) is 34.9 Å². The normalized spacial score (nSPS) is 14.7. The molecule has 19 heavy (non-hydrogen) atoms. The standard InChI is InChI=1S/C14H20BrN3O/c1-2-18(11-4-5-11)8-7-17-14(19)10-3-6-12(15)13(16)9-10/h3,6,9,11H,2,4-5,7-8,16H2,1H3,(H,17,19). The molecule has 1 amide bonds. The van der Waals surface area contributed by atoms with Crippen LogP contribution in [0.15, 0.2) is 22.7 Å². The van der Waals surface area contributed by atoms with Crippen molar-refractivity contribution in [3.63, 3.8) is 0 Å². The Kier molecular flexibility index (Phi) is 4.82. The predicted octanol–water partition coefficient (Wildman–Crippen LogP) is 2.25. The maximum atomic E-state index is 12.0. The highest BCUT2D eigenvalue weighted by atomic mass is 79.9. The number of likely N-dealkylation sites (N-methyl/N-ethyl adjacent to an activating group) is 1. The molecule has 104 valence electrons. The monoisotopic (exact) mass is 325 g/mol. The third-order valence-corrected chi connectivity index (χ3v) is 4.13. The lowest BCUT2D eigenvalue weighted by atomic mass is 10.2. The topological polar surface area (TPSA) is 58.4 Å². The number of amides is 1. The molecule has 0 bridgehead atoms. The number of benzene rings is 1. The Hall–Kier alpha value is -1.07. The number of halogens is 1. The molecule has 1 aliphatic rings. The van der Waals surface area contributed by atoms with Gasteiger partial charge >= 0.3 is 0 Å². The zero-order chi connectivity index (χ0) is 13.8. The highest BCUT2D eigenvalue weighted by Crippen LogP contribution is 2.25. The van der Waals surface area contributed by atoms with Gasteiger partial charge in [-0.2, -0.15) is 0 Å². The van der Waals surface area contributed by atoms with E-state index in [1.165, 1.54) is 12.8 Å². The molecule has 4 nitrogen and oxygen atoms in total. The second-order valence-electron chi connectivity index (χ2n) is 4.85. The second-order valence-corrected chi connectivity index (χ2v) is 5.71. The van der Waals surface area contributed by atoms with Crippen molar-refractivity contribution in [1.29, 1.82) is 0 Å². The second kappa shape index (κ2) is 6.39. The minimum Gasteiger partial charge on any atom is -0.398 e. The van der Waals surface area contributed by atoms with Gasteiger partial charge in [-0.15, -0.1) is 0 Å². The van der Waals surface area contributed by atoms with Crippen molar-refractivity contribution in [2.24, 2.45) is 0 Å². The number of carbonyl (C=O) groups excluding carboxylic acids is 1. The molecule has 0 unspecified atom stereocenters. The fraction of sp³-hybridized carbons (Fsp3) is 0.500. The van der Waals surface area contributed by atoms with E-state index < -0.39 is 0 Å². The maximum absolute atomic E-state index is 12.0. The Morgan fingerprint density at radius 3 is 2.84 bits per heavy atom. The molecule has 0 aliphatic heterocycles. The Morgan fingerprint density at radius 1 is 1.53 bits per heavy atom. The van der Waals surface area contributed by atoms with Crippen LogP contribution in [0.1, 0.15) is 30.1 Å². The highest BCUT2D eigenvalue weighted by Gasteiger charge is 2.27. The van der Waals surface area contributed by atoms with Crippen LogP contribution >= 0.6 is 15.9 Å². The molecular formula is C14H20BrN3O. The van der Waals surface area contributed by atoms with Crippen LogP contribution < -0.4 is 11.1 Å². The lowest BCUT2D eigenvalue weighted by Crippen LogP contribution is -2.36. The van der Waals surface area contributed by atoms with Crippen LogP contribution in [0.25, 0.3) is 0 Å². The van der Waals surface area contributed by atoms with Gasteiger partial charge in [0.05, 0.1) is 0 Å². The number of hydrogen-bond donors (Lipinski definition) is 2. The molecule has 0 spiro atoms. The molecule has 0 saturated heterocycles. The fourth-order valence-corrected chi connectivity index (χ4v) is 2.39. The molecule has 1 aliphatic carbocycles. The number of carbonyl (C=O) groups is 1. The lowest BCUT2D eigenvalue weighted by molar-refractivity contribution is 0.0948. The van der Waals surface area contributed by atoms with E-state index in [1.807, 2.05) is 0 Å². The van der Waals surface area contributed by atoms with Crippen LogP contribution in [-0.2, 0) is 0 Å². The first-order valence-electron chi connectivity index (χ1n) is 6.69. The van der Waals surface area contributed by atoms with Crippen LogP contribution in [0.5, 0.6) is 0 Å². The minimum atomic E-state index is -0.0638. The molecule has 0 heterocycles. The van der Waals surface area contributed by atoms with E-state index in [1.54, 1.807) is 18.2 Å². The maximum Gasteiger partial charge on any atom is 0.251 e. The Balaban J connectivity index is 1.81. The summed E-state index contributed by atoms with van der Waals surface area (Å²) in [6, 6.07) is 6.00. The molecule has 0 radical (unpaired) electrons. The first kappa shape index (κ1) is 14.3. The molecule has 5 heteroatoms. The van der Waals surface area contributed by atoms with Crippen LogP contribution in [0, 0.1) is 0 Å². The van der Waals surface area contributed by atoms with E-state index in [9.17, 15) is 4.79 Å². The minimum absolute atomic E-state index is 0.0638. The van der Waals surface area contributed by atoms with Crippen molar-refractivity contribution in [2.75, 3.05) is 25.4 Å². The molecule has 0 aromatic heterocycles. The first-order valence-corrected chi connectivity index (χ1v) is 7.48. The summed E-state index contributed by atoms with van der Waals surface area (Å²) in [5.74, 6) is -0.0638. The molecule has 1 saturated carbocycles. The van der Waals surface area contributed by atoms with E-state index in [4.69, 9.17) is 5.73 Å². The van der Waals surface area contributed by atoms with Gasteiger partial charge in [0.1, 0.15) is 0 Å². The summed E-state index contributed by atoms with van der Waals surface area (Å²) >= 11 is 3.32. The molecule has 0 atom stereocenters. The number of rotatable bonds is 6. The largest absolute Gasteiger partial charge is 0.398 e. The Labute approximate surface area is 122 Å². The van der Waals surface area contributed by atoms with Crippen molar-refractivity contribution in [3.05, 3.63) is 28.2 Å². The van der Waals surface area contributed by atoms with Crippen LogP contribution in [0.3, 0.4) is 0 Å². The average Bonchev–Trinajstić information content (AvgIpc) is 3.22. The third-order valence-electron chi connectivity index (χ3n) is 3.41. The summed E-state index contributed by atoms with van der Waals surface area (Å²) in [4.78, 5) is 14.4. The summed E-state index contributed by atoms with van der Waals surface area (Å²) in [6.07, 6.45) is 2.59. The number of anilines is 1. The van der Waals surface area contributed by atoms with Crippen LogP contribution in [0.4, 0.5) is 5.69 Å². The number of hydrogen-bond acceptors (Lipinski definition) is 3. The highest BCUT2D eigenvalue weighted by molar-refractivity contribution is 9.10. The molecule has 1 fully saturated rings. The number of nitrogens with two attached hydrogens (primary N) is 1. The van der Waals surface area contributed by atoms with Gasteiger partial charge in [-0.05, 0) is 53.5 Å². The van der Waals surface area contributed by atoms with Crippen molar-refractivity contribution >= 4 is 27.5 Å². The fourth-order valence-electron chi connectivity index (χ4n) is 2.14. The molecule has 2 rings (SSSR count). The lowest BCUT2D eigenvalue weighted by Gasteiger charge is -2.19. The third kappa shape index (κ3) is 3.94. The van der Waals surface area contributed by atoms with Crippen molar-refractivity contribution < 1.29 is 4.79 Å². The van der Waals surface area contributed by atoms with Crippen LogP contribution in [-0.4, -0.2) is 36.5 Å². The van der Waals surface area contributed by atoms with Gasteiger partial charge in [0.25, 0.3) is 5.91 Å². The van der Waals surface area contributed by atoms with Gasteiger partial charge in [-0.1, -0.05) is 6.92 Å². The summed E-state index contributed by atoms with van der Waals surface area (Å²) in [5, 5.41) is 2.94. The van der Waals surface area contributed by atoms with Crippen molar-refractivity contribution in [3.8, 4) is 0 Å². The number of nitrogens with zero attached hydrogens (tertiary/aromatic N) is 1. The number of nitrogens with one attached hydrogen (secondary N) is 1. The number of nitrogen functional groups attached to an aromatic ring is 1. The van der Waals surface area contributed by atoms with E-state index >= 15 is 0 Å². The summed E-state index contributed by atoms with van der Waals surface area (Å²) in [5.41, 5.74) is 6.96. The molecule has 3 N–H and O–H groups in total. The first-order chi connectivity index (χ1) is 9.11. The zero-order valence-corrected chi connectivity index (χ0v) is 12.7. The predicted molar refractivity (Wildman–Crippen MR) is 81.2 cm³/mol. The average molecular weight is 326 g/mol. The van der Waals surface area contributed by atoms with Gasteiger partial charge in [0.2, 0.25) is 0 Å². The molecule has 1 aromatic rings. The van der Waals surface area contributed by atoms with E-state index in [0.29, 0.717) is 17.8 Å². The molecule has 1 aromatic carbocycles. The van der Waals surface area contributed by atoms with E-state index in [-0.39, 0.29) is 5.91 Å². The zero-order valence-electron chi connectivity index (χ0n) is 11.2. The summed E-state index contributed by atoms with van der Waals surface area (Å²) < 4.78 is 0.815. The van der Waals surface area contributed by atoms with Crippen molar-refractivity contribution in [1.82, 2.24) is 10.2 Å². The van der Waals surface area contributed by atoms with Crippen molar-refractivity contribution in [2.45, 2.75) is 25.8 Å². The Bertz CT molecular complexity index is 460. The SMILES string of the molecule is CCN(CCNC(=O)c1ccc(Br)c(N)c1)C1CC1. The molecular weight excluding hydrogens is 306 g/mol. The van der Waals surface area contributed by atoms with Gasteiger partial charge in [-0.25, -0.2) is 0 Å². The Morgan fingerprint density at radius 2 is 2.26 bits per heavy atom. The van der Waals surface area contributed by atoms with Crippen LogP contribution in [0.2, 0.25) is 0 Å². The van der Waals surface area contributed by atoms with Gasteiger partial charge < -0.3 is 11.1 Å². The van der Waals surface area contributed by atoms with E-state index in [0.717, 1.165) is 23.6 Å². The van der Waals surface area contributed by atoms with Gasteiger partial charge in [-0.3, -0.25) is 9.69 Å². The van der Waals surface area contributed by atoms with Gasteiger partial charge in [0.15, 0.2) is 0 Å².